The highest BCUT2D eigenvalue weighted by Gasteiger charge is 2.14. The molecule has 0 unspecified atom stereocenters. The Bertz CT molecular complexity index is 1320. The molecule has 144 valence electrons. The van der Waals surface area contributed by atoms with E-state index >= 15 is 0 Å². The van der Waals surface area contributed by atoms with Gasteiger partial charge in [0.2, 0.25) is 5.13 Å². The summed E-state index contributed by atoms with van der Waals surface area (Å²) in [6.07, 6.45) is 3.10. The van der Waals surface area contributed by atoms with E-state index in [4.69, 9.17) is 16.0 Å². The minimum Gasteiger partial charge on any atom is -0.422 e. The van der Waals surface area contributed by atoms with E-state index in [1.165, 1.54) is 35.7 Å². The molecule has 0 aliphatic heterocycles. The lowest BCUT2D eigenvalue weighted by Crippen LogP contribution is -2.01. The number of non-ortho nitro benzene ring substituents is 1. The molecule has 0 fully saturated rings. The number of fused-ring (bicyclic) bond motifs is 1. The van der Waals surface area contributed by atoms with Gasteiger partial charge in [-0.2, -0.15) is 5.10 Å². The zero-order valence-corrected chi connectivity index (χ0v) is 16.1. The summed E-state index contributed by atoms with van der Waals surface area (Å²) in [7, 11) is 0. The maximum Gasteiger partial charge on any atom is 0.345 e. The number of nitrogens with one attached hydrogen (secondary N) is 1. The molecule has 0 amide bonds. The van der Waals surface area contributed by atoms with Crippen LogP contribution in [0.5, 0.6) is 0 Å². The van der Waals surface area contributed by atoms with Gasteiger partial charge in [-0.1, -0.05) is 35.1 Å². The zero-order valence-electron chi connectivity index (χ0n) is 14.5. The predicted octanol–water partition coefficient (Wildman–Crippen LogP) is 4.92. The van der Waals surface area contributed by atoms with Gasteiger partial charge in [0.15, 0.2) is 0 Å². The molecular formula is C19H11ClN4O4S. The van der Waals surface area contributed by atoms with Crippen molar-refractivity contribution < 1.29 is 9.34 Å². The Kier molecular flexibility index (Phi) is 5.07. The number of thiazole rings is 1. The van der Waals surface area contributed by atoms with E-state index < -0.39 is 10.5 Å². The molecule has 0 bridgehead atoms. The lowest BCUT2D eigenvalue weighted by Gasteiger charge is -2.00. The monoisotopic (exact) mass is 426 g/mol. The van der Waals surface area contributed by atoms with E-state index in [2.05, 4.69) is 15.5 Å². The number of rotatable bonds is 5. The molecule has 0 spiro atoms. The van der Waals surface area contributed by atoms with Crippen molar-refractivity contribution >= 4 is 50.9 Å². The van der Waals surface area contributed by atoms with Gasteiger partial charge in [-0.25, -0.2) is 9.78 Å². The van der Waals surface area contributed by atoms with Gasteiger partial charge in [0.25, 0.3) is 5.69 Å². The molecule has 29 heavy (non-hydrogen) atoms. The molecule has 0 radical (unpaired) electrons. The molecule has 2 heterocycles. The van der Waals surface area contributed by atoms with Crippen LogP contribution in [0.1, 0.15) is 5.56 Å². The van der Waals surface area contributed by atoms with Crippen LogP contribution in [0.3, 0.4) is 0 Å². The highest BCUT2D eigenvalue weighted by atomic mass is 35.5. The first kappa shape index (κ1) is 18.8. The largest absolute Gasteiger partial charge is 0.422 e. The van der Waals surface area contributed by atoms with Crippen LogP contribution < -0.4 is 11.1 Å². The third-order valence-electron chi connectivity index (χ3n) is 3.92. The maximum atomic E-state index is 12.3. The second-order valence-corrected chi connectivity index (χ2v) is 7.35. The Labute approximate surface area is 172 Å². The SMILES string of the molecule is O=c1oc2ccc([N+](=O)[O-])cc2cc1-c1cnc(N/N=C/c2cccc(Cl)c2)s1. The van der Waals surface area contributed by atoms with Gasteiger partial charge in [0.1, 0.15) is 5.58 Å². The van der Waals surface area contributed by atoms with E-state index in [-0.39, 0.29) is 16.8 Å². The fourth-order valence-electron chi connectivity index (χ4n) is 2.60. The van der Waals surface area contributed by atoms with Crippen LogP contribution >= 0.6 is 22.9 Å². The quantitative estimate of drug-likeness (QED) is 0.210. The molecule has 2 aromatic carbocycles. The van der Waals surface area contributed by atoms with Gasteiger partial charge < -0.3 is 4.42 Å². The second-order valence-electron chi connectivity index (χ2n) is 5.88. The Hall–Kier alpha value is -3.56. The number of hydrogen-bond donors (Lipinski definition) is 1. The molecule has 0 aliphatic carbocycles. The van der Waals surface area contributed by atoms with Crippen LogP contribution in [-0.4, -0.2) is 16.1 Å². The summed E-state index contributed by atoms with van der Waals surface area (Å²) < 4.78 is 5.28. The van der Waals surface area contributed by atoms with E-state index in [1.54, 1.807) is 24.4 Å². The highest BCUT2D eigenvalue weighted by molar-refractivity contribution is 7.18. The van der Waals surface area contributed by atoms with Gasteiger partial charge in [0, 0.05) is 28.7 Å². The number of hydrogen-bond acceptors (Lipinski definition) is 8. The molecular weight excluding hydrogens is 416 g/mol. The molecule has 0 saturated heterocycles. The van der Waals surface area contributed by atoms with Gasteiger partial charge >= 0.3 is 5.63 Å². The topological polar surface area (TPSA) is 111 Å². The van der Waals surface area contributed by atoms with E-state index in [1.807, 2.05) is 12.1 Å². The molecule has 0 atom stereocenters. The normalized spacial score (nSPS) is 11.2. The summed E-state index contributed by atoms with van der Waals surface area (Å²) in [5.41, 5.74) is 3.52. The Morgan fingerprint density at radius 1 is 1.24 bits per heavy atom. The summed E-state index contributed by atoms with van der Waals surface area (Å²) in [6.45, 7) is 0. The zero-order chi connectivity index (χ0) is 20.4. The van der Waals surface area contributed by atoms with Crippen molar-refractivity contribution in [3.05, 3.63) is 85.8 Å². The number of halogens is 1. The minimum atomic E-state index is -0.552. The molecule has 0 aliphatic rings. The Morgan fingerprint density at radius 2 is 2.10 bits per heavy atom. The van der Waals surface area contributed by atoms with Crippen LogP contribution in [0.15, 0.2) is 69.0 Å². The number of anilines is 1. The van der Waals surface area contributed by atoms with Crippen molar-refractivity contribution in [1.82, 2.24) is 4.98 Å². The molecule has 4 aromatic rings. The average molecular weight is 427 g/mol. The lowest BCUT2D eigenvalue weighted by molar-refractivity contribution is -0.384. The van der Waals surface area contributed by atoms with Gasteiger partial charge in [-0.05, 0) is 29.8 Å². The summed E-state index contributed by atoms with van der Waals surface area (Å²) in [4.78, 5) is 27.5. The summed E-state index contributed by atoms with van der Waals surface area (Å²) in [5, 5.41) is 16.6. The van der Waals surface area contributed by atoms with Crippen molar-refractivity contribution in [2.24, 2.45) is 5.10 Å². The number of benzene rings is 2. The van der Waals surface area contributed by atoms with E-state index in [0.29, 0.717) is 20.4 Å². The van der Waals surface area contributed by atoms with Crippen LogP contribution in [0.2, 0.25) is 5.02 Å². The average Bonchev–Trinajstić information content (AvgIpc) is 3.15. The molecule has 0 saturated carbocycles. The fraction of sp³-hybridized carbons (Fsp3) is 0. The number of nitrogens with zero attached hydrogens (tertiary/aromatic N) is 3. The summed E-state index contributed by atoms with van der Waals surface area (Å²) >= 11 is 7.13. The maximum absolute atomic E-state index is 12.3. The van der Waals surface area contributed by atoms with Crippen LogP contribution in [0.25, 0.3) is 21.4 Å². The number of nitro groups is 1. The summed E-state index contributed by atoms with van der Waals surface area (Å²) in [5.74, 6) is 0. The van der Waals surface area contributed by atoms with Crippen LogP contribution in [0.4, 0.5) is 10.8 Å². The third kappa shape index (κ3) is 4.15. The predicted molar refractivity (Wildman–Crippen MR) is 113 cm³/mol. The number of aromatic nitrogens is 1. The molecule has 8 nitrogen and oxygen atoms in total. The minimum absolute atomic E-state index is 0.0840. The molecule has 4 rings (SSSR count). The van der Waals surface area contributed by atoms with Gasteiger partial charge in [-0.3, -0.25) is 15.5 Å². The first-order chi connectivity index (χ1) is 14.0. The van der Waals surface area contributed by atoms with Crippen molar-refractivity contribution in [1.29, 1.82) is 0 Å². The third-order valence-corrected chi connectivity index (χ3v) is 5.09. The first-order valence-electron chi connectivity index (χ1n) is 8.23. The van der Waals surface area contributed by atoms with Crippen molar-refractivity contribution in [2.45, 2.75) is 0 Å². The summed E-state index contributed by atoms with van der Waals surface area (Å²) in [6, 6.07) is 12.8. The van der Waals surface area contributed by atoms with Gasteiger partial charge in [0.05, 0.1) is 21.6 Å². The number of hydrazone groups is 1. The van der Waals surface area contributed by atoms with Gasteiger partial charge in [-0.15, -0.1) is 0 Å². The Morgan fingerprint density at radius 3 is 2.90 bits per heavy atom. The fourth-order valence-corrected chi connectivity index (χ4v) is 3.56. The molecule has 2 aromatic heterocycles. The Balaban J connectivity index is 1.60. The molecule has 1 N–H and O–H groups in total. The smallest absolute Gasteiger partial charge is 0.345 e. The molecule has 10 heteroatoms. The number of nitro benzene ring substituents is 1. The second kappa shape index (κ2) is 7.82. The van der Waals surface area contributed by atoms with Crippen molar-refractivity contribution in [3.8, 4) is 10.4 Å². The van der Waals surface area contributed by atoms with Crippen molar-refractivity contribution in [3.63, 3.8) is 0 Å². The van der Waals surface area contributed by atoms with Crippen LogP contribution in [0, 0.1) is 10.1 Å². The van der Waals surface area contributed by atoms with Crippen LogP contribution in [-0.2, 0) is 0 Å². The highest BCUT2D eigenvalue weighted by Crippen LogP contribution is 2.29. The van der Waals surface area contributed by atoms with E-state index in [0.717, 1.165) is 5.56 Å². The van der Waals surface area contributed by atoms with E-state index in [9.17, 15) is 14.9 Å². The lowest BCUT2D eigenvalue weighted by atomic mass is 10.1. The first-order valence-corrected chi connectivity index (χ1v) is 9.42. The standard InChI is InChI=1S/C19H11ClN4O4S/c20-13-3-1-2-11(6-13)9-22-23-19-21-10-17(29-19)15-8-12-7-14(24(26)27)4-5-16(12)28-18(15)25/h1-10H,(H,21,23)/b22-9+. The van der Waals surface area contributed by atoms with Crippen molar-refractivity contribution in [2.75, 3.05) is 5.43 Å².